The largest absolute Gasteiger partial charge is 0.416 e. The minimum atomic E-state index is -4.58. The lowest BCUT2D eigenvalue weighted by Gasteiger charge is -2.25. The van der Waals surface area contributed by atoms with Crippen molar-refractivity contribution >= 4 is 67.4 Å². The highest BCUT2D eigenvalue weighted by Crippen LogP contribution is 2.34. The molecule has 3 aromatic rings. The number of piperidine rings is 1. The minimum Gasteiger partial charge on any atom is -0.324 e. The number of halogens is 4. The summed E-state index contributed by atoms with van der Waals surface area (Å²) in [5.41, 5.74) is -0.899. The van der Waals surface area contributed by atoms with E-state index in [4.69, 9.17) is 11.6 Å². The number of amides is 2. The molecular formula is C23H21ClF3N5O4S3. The summed E-state index contributed by atoms with van der Waals surface area (Å²) in [5, 5.41) is 12.7. The fourth-order valence-electron chi connectivity index (χ4n) is 3.63. The number of anilines is 2. The van der Waals surface area contributed by atoms with E-state index in [1.54, 1.807) is 0 Å². The van der Waals surface area contributed by atoms with Gasteiger partial charge >= 0.3 is 6.18 Å². The highest BCUT2D eigenvalue weighted by atomic mass is 35.5. The van der Waals surface area contributed by atoms with Crippen LogP contribution in [0.1, 0.15) is 35.2 Å². The lowest BCUT2D eigenvalue weighted by molar-refractivity contribution is -0.137. The molecular weight excluding hydrogens is 599 g/mol. The van der Waals surface area contributed by atoms with E-state index in [1.165, 1.54) is 28.6 Å². The Hall–Kier alpha value is -2.72. The zero-order chi connectivity index (χ0) is 28.2. The van der Waals surface area contributed by atoms with Crippen LogP contribution in [0.25, 0.3) is 0 Å². The van der Waals surface area contributed by atoms with E-state index in [-0.39, 0.29) is 32.1 Å². The molecule has 0 radical (unpaired) electrons. The Bertz CT molecular complexity index is 1460. The number of nitrogens with zero attached hydrogens (tertiary/aromatic N) is 3. The summed E-state index contributed by atoms with van der Waals surface area (Å²) in [6.07, 6.45) is -1.95. The number of alkyl halides is 3. The molecule has 0 atom stereocenters. The molecule has 1 aliphatic rings. The van der Waals surface area contributed by atoms with Gasteiger partial charge in [-0.2, -0.15) is 17.5 Å². The van der Waals surface area contributed by atoms with E-state index in [9.17, 15) is 31.2 Å². The lowest BCUT2D eigenvalue weighted by atomic mass is 10.2. The second-order valence-corrected chi connectivity index (χ2v) is 12.9. The molecule has 1 aliphatic heterocycles. The Morgan fingerprint density at radius 1 is 1.03 bits per heavy atom. The van der Waals surface area contributed by atoms with Gasteiger partial charge in [-0.15, -0.1) is 10.2 Å². The van der Waals surface area contributed by atoms with E-state index < -0.39 is 33.6 Å². The molecule has 0 bridgehead atoms. The van der Waals surface area contributed by atoms with Gasteiger partial charge in [0.05, 0.1) is 26.9 Å². The molecule has 2 heterocycles. The third-order valence-electron chi connectivity index (χ3n) is 5.59. The van der Waals surface area contributed by atoms with Crippen molar-refractivity contribution in [3.63, 3.8) is 0 Å². The maximum absolute atomic E-state index is 12.9. The van der Waals surface area contributed by atoms with Crippen LogP contribution in [0.2, 0.25) is 5.02 Å². The number of benzene rings is 2. The quantitative estimate of drug-likeness (QED) is 0.257. The molecule has 16 heteroatoms. The van der Waals surface area contributed by atoms with Gasteiger partial charge < -0.3 is 5.32 Å². The van der Waals surface area contributed by atoms with Crippen molar-refractivity contribution in [1.82, 2.24) is 14.5 Å². The summed E-state index contributed by atoms with van der Waals surface area (Å²) >= 11 is 7.86. The number of hydrogen-bond donors (Lipinski definition) is 2. The smallest absolute Gasteiger partial charge is 0.324 e. The molecule has 1 saturated heterocycles. The van der Waals surface area contributed by atoms with Crippen LogP contribution in [0.3, 0.4) is 0 Å². The van der Waals surface area contributed by atoms with Gasteiger partial charge in [0.25, 0.3) is 5.91 Å². The van der Waals surface area contributed by atoms with E-state index in [1.807, 2.05) is 0 Å². The molecule has 0 saturated carbocycles. The molecule has 208 valence electrons. The maximum atomic E-state index is 12.9. The summed E-state index contributed by atoms with van der Waals surface area (Å²) in [4.78, 5) is 24.9. The highest BCUT2D eigenvalue weighted by molar-refractivity contribution is 8.01. The van der Waals surface area contributed by atoms with E-state index >= 15 is 0 Å². The van der Waals surface area contributed by atoms with Crippen LogP contribution in [0.4, 0.5) is 24.0 Å². The van der Waals surface area contributed by atoms with E-state index in [0.717, 1.165) is 60.6 Å². The Kier molecular flexibility index (Phi) is 9.16. The van der Waals surface area contributed by atoms with Crippen LogP contribution in [-0.2, 0) is 21.0 Å². The monoisotopic (exact) mass is 619 g/mol. The number of rotatable bonds is 8. The molecule has 0 aliphatic carbocycles. The molecule has 0 unspecified atom stereocenters. The SMILES string of the molecule is O=C(CSc1nnc(NC(=O)c2ccc(S(=O)(=O)N3CCCCC3)cc2)s1)Nc1cc(C(F)(F)F)ccc1Cl. The fraction of sp³-hybridized carbons (Fsp3) is 0.304. The number of hydrogen-bond acceptors (Lipinski definition) is 8. The zero-order valence-corrected chi connectivity index (χ0v) is 23.2. The molecule has 2 amide bonds. The lowest BCUT2D eigenvalue weighted by Crippen LogP contribution is -2.35. The maximum Gasteiger partial charge on any atom is 0.416 e. The Balaban J connectivity index is 1.31. The number of sulfonamides is 1. The summed E-state index contributed by atoms with van der Waals surface area (Å²) < 4.78 is 66.1. The molecule has 0 spiro atoms. The molecule has 2 N–H and O–H groups in total. The second-order valence-electron chi connectivity index (χ2n) is 8.35. The number of nitrogens with one attached hydrogen (secondary N) is 2. The van der Waals surface area contributed by atoms with Crippen LogP contribution < -0.4 is 10.6 Å². The first-order chi connectivity index (χ1) is 18.4. The van der Waals surface area contributed by atoms with Crippen molar-refractivity contribution in [2.24, 2.45) is 0 Å². The van der Waals surface area contributed by atoms with Crippen LogP contribution in [0, 0.1) is 0 Å². The summed E-state index contributed by atoms with van der Waals surface area (Å²) in [7, 11) is -3.62. The van der Waals surface area contributed by atoms with Crippen LogP contribution >= 0.6 is 34.7 Å². The van der Waals surface area contributed by atoms with Crippen LogP contribution in [0.15, 0.2) is 51.7 Å². The van der Waals surface area contributed by atoms with Crippen LogP contribution in [0.5, 0.6) is 0 Å². The second kappa shape index (κ2) is 12.2. The van der Waals surface area contributed by atoms with Gasteiger partial charge in [0, 0.05) is 18.7 Å². The molecule has 9 nitrogen and oxygen atoms in total. The molecule has 4 rings (SSSR count). The summed E-state index contributed by atoms with van der Waals surface area (Å²) in [6.45, 7) is 0.950. The van der Waals surface area contributed by atoms with Gasteiger partial charge in [-0.1, -0.05) is 41.1 Å². The Morgan fingerprint density at radius 2 is 1.72 bits per heavy atom. The predicted octanol–water partition coefficient (Wildman–Crippen LogP) is 5.37. The number of carbonyl (C=O) groups is 2. The zero-order valence-electron chi connectivity index (χ0n) is 20.0. The van der Waals surface area contributed by atoms with Gasteiger partial charge in [-0.3, -0.25) is 14.9 Å². The van der Waals surface area contributed by atoms with Gasteiger partial charge in [0.1, 0.15) is 0 Å². The Morgan fingerprint density at radius 3 is 2.38 bits per heavy atom. The van der Waals surface area contributed by atoms with Gasteiger partial charge in [-0.05, 0) is 55.3 Å². The van der Waals surface area contributed by atoms with E-state index in [0.29, 0.717) is 17.4 Å². The molecule has 39 heavy (non-hydrogen) atoms. The average molecular weight is 620 g/mol. The van der Waals surface area contributed by atoms with Crippen molar-refractivity contribution in [1.29, 1.82) is 0 Å². The number of aromatic nitrogens is 2. The summed E-state index contributed by atoms with van der Waals surface area (Å²) in [5.74, 6) is -1.33. The average Bonchev–Trinajstić information content (AvgIpc) is 3.36. The first kappa shape index (κ1) is 29.3. The van der Waals surface area contributed by atoms with Crippen molar-refractivity contribution in [3.05, 3.63) is 58.6 Å². The normalized spacial score (nSPS) is 14.7. The van der Waals surface area contributed by atoms with Gasteiger partial charge in [0.2, 0.25) is 21.1 Å². The third-order valence-corrected chi connectivity index (χ3v) is 9.81. The fourth-order valence-corrected chi connectivity index (χ4v) is 6.86. The Labute approximate surface area is 235 Å². The first-order valence-corrected chi connectivity index (χ1v) is 15.1. The van der Waals surface area contributed by atoms with Crippen molar-refractivity contribution < 1.29 is 31.2 Å². The highest BCUT2D eigenvalue weighted by Gasteiger charge is 2.31. The third kappa shape index (κ3) is 7.48. The topological polar surface area (TPSA) is 121 Å². The van der Waals surface area contributed by atoms with E-state index in [2.05, 4.69) is 20.8 Å². The van der Waals surface area contributed by atoms with Crippen molar-refractivity contribution in [2.75, 3.05) is 29.5 Å². The van der Waals surface area contributed by atoms with Crippen LogP contribution in [-0.4, -0.2) is 53.6 Å². The van der Waals surface area contributed by atoms with Gasteiger partial charge in [-0.25, -0.2) is 8.42 Å². The first-order valence-electron chi connectivity index (χ1n) is 11.5. The number of carbonyl (C=O) groups excluding carboxylic acids is 2. The van der Waals surface area contributed by atoms with Crippen molar-refractivity contribution in [2.45, 2.75) is 34.7 Å². The summed E-state index contributed by atoms with van der Waals surface area (Å²) in [6, 6.07) is 8.20. The van der Waals surface area contributed by atoms with Crippen molar-refractivity contribution in [3.8, 4) is 0 Å². The minimum absolute atomic E-state index is 0.0422. The number of thioether (sulfide) groups is 1. The molecule has 1 aromatic heterocycles. The standard InChI is InChI=1S/C23H21ClF3N5O4S3/c24-17-9-6-15(23(25,26)27)12-18(17)28-19(33)13-37-22-31-30-21(38-22)29-20(34)14-4-7-16(8-5-14)39(35,36)32-10-2-1-3-11-32/h4-9,12H,1-3,10-11,13H2,(H,28,33)(H,29,30,34). The molecule has 1 fully saturated rings. The van der Waals surface area contributed by atoms with Gasteiger partial charge in [0.15, 0.2) is 4.34 Å². The predicted molar refractivity (Wildman–Crippen MR) is 143 cm³/mol. The molecule has 2 aromatic carbocycles.